The van der Waals surface area contributed by atoms with E-state index in [1.54, 1.807) is 35.3 Å². The average Bonchev–Trinajstić information content (AvgIpc) is 3.42. The van der Waals surface area contributed by atoms with E-state index >= 15 is 0 Å². The number of nitrogens with zero attached hydrogens (tertiary/aromatic N) is 8. The van der Waals surface area contributed by atoms with Crippen LogP contribution >= 0.6 is 22.7 Å². The zero-order valence-corrected chi connectivity index (χ0v) is 18.5. The Morgan fingerprint density at radius 2 is 1.06 bits per heavy atom. The molecule has 0 saturated carbocycles. The minimum atomic E-state index is 0.864. The van der Waals surface area contributed by atoms with Crippen LogP contribution in [0.2, 0.25) is 0 Å². The number of anilines is 2. The lowest BCUT2D eigenvalue weighted by atomic mass is 10.2. The van der Waals surface area contributed by atoms with Gasteiger partial charge in [0.1, 0.15) is 34.0 Å². The highest BCUT2D eigenvalue weighted by Gasteiger charge is 2.24. The maximum atomic E-state index is 4.65. The summed E-state index contributed by atoms with van der Waals surface area (Å²) in [5.74, 6) is 1.99. The molecule has 1 fully saturated rings. The smallest absolute Gasteiger partial charge is 0.150 e. The van der Waals surface area contributed by atoms with Crippen LogP contribution in [-0.4, -0.2) is 56.1 Å². The number of pyridine rings is 2. The maximum absolute atomic E-state index is 4.65. The molecule has 10 heteroatoms. The van der Waals surface area contributed by atoms with Crippen molar-refractivity contribution in [2.75, 3.05) is 36.0 Å². The quantitative estimate of drug-likeness (QED) is 0.385. The van der Waals surface area contributed by atoms with E-state index < -0.39 is 0 Å². The van der Waals surface area contributed by atoms with Gasteiger partial charge in [-0.05, 0) is 24.3 Å². The molecule has 32 heavy (non-hydrogen) atoms. The van der Waals surface area contributed by atoms with Crippen LogP contribution in [0, 0.1) is 0 Å². The lowest BCUT2D eigenvalue weighted by molar-refractivity contribution is 0.645. The largest absolute Gasteiger partial charge is 0.352 e. The predicted octanol–water partition coefficient (Wildman–Crippen LogP) is 4.12. The van der Waals surface area contributed by atoms with Crippen molar-refractivity contribution in [1.29, 1.82) is 0 Å². The minimum absolute atomic E-state index is 0.864. The third-order valence-electron chi connectivity index (χ3n) is 5.90. The van der Waals surface area contributed by atoms with Crippen LogP contribution in [0.15, 0.2) is 49.3 Å². The first-order valence-corrected chi connectivity index (χ1v) is 12.0. The standard InChI is InChI=1S/C22H16N8S2/c1-3-13-15-17(31-21(13)23-5-1)19(27-11-25-15)29-7-9-30(10-8-29)20-18-16(26-12-28-20)14-4-2-6-24-22(14)32-18/h1-6,11-12H,7-10H2. The number of hydrogen-bond acceptors (Lipinski definition) is 10. The van der Waals surface area contributed by atoms with Gasteiger partial charge < -0.3 is 9.80 Å². The highest BCUT2D eigenvalue weighted by atomic mass is 32.1. The van der Waals surface area contributed by atoms with Crippen molar-refractivity contribution < 1.29 is 0 Å². The Labute approximate surface area is 190 Å². The summed E-state index contributed by atoms with van der Waals surface area (Å²) in [6.07, 6.45) is 6.99. The van der Waals surface area contributed by atoms with Crippen LogP contribution in [0.25, 0.3) is 40.9 Å². The minimum Gasteiger partial charge on any atom is -0.352 e. The van der Waals surface area contributed by atoms with E-state index in [0.717, 1.165) is 78.7 Å². The van der Waals surface area contributed by atoms with E-state index in [2.05, 4.69) is 51.8 Å². The molecule has 0 unspecified atom stereocenters. The van der Waals surface area contributed by atoms with E-state index in [1.807, 2.05) is 24.5 Å². The number of thiophene rings is 2. The Bertz CT molecular complexity index is 1490. The van der Waals surface area contributed by atoms with E-state index in [4.69, 9.17) is 0 Å². The van der Waals surface area contributed by atoms with Gasteiger partial charge in [0.25, 0.3) is 0 Å². The molecule has 1 saturated heterocycles. The molecular formula is C22H16N8S2. The van der Waals surface area contributed by atoms with E-state index in [9.17, 15) is 0 Å². The number of hydrogen-bond donors (Lipinski definition) is 0. The molecule has 0 radical (unpaired) electrons. The van der Waals surface area contributed by atoms with Gasteiger partial charge in [-0.25, -0.2) is 29.9 Å². The monoisotopic (exact) mass is 456 g/mol. The molecule has 0 aromatic carbocycles. The summed E-state index contributed by atoms with van der Waals surface area (Å²) in [5, 5.41) is 2.19. The van der Waals surface area contributed by atoms with Crippen molar-refractivity contribution in [2.45, 2.75) is 0 Å². The van der Waals surface area contributed by atoms with Gasteiger partial charge in [0.15, 0.2) is 0 Å². The third kappa shape index (κ3) is 2.66. The lowest BCUT2D eigenvalue weighted by Gasteiger charge is -2.36. The second-order valence-electron chi connectivity index (χ2n) is 7.64. The highest BCUT2D eigenvalue weighted by molar-refractivity contribution is 7.26. The van der Waals surface area contributed by atoms with Gasteiger partial charge in [0.05, 0.1) is 20.4 Å². The number of fused-ring (bicyclic) bond motifs is 6. The van der Waals surface area contributed by atoms with Crippen molar-refractivity contribution in [3.8, 4) is 0 Å². The Hall–Kier alpha value is -3.50. The van der Waals surface area contributed by atoms with Crippen molar-refractivity contribution in [3.63, 3.8) is 0 Å². The van der Waals surface area contributed by atoms with Crippen molar-refractivity contribution in [2.24, 2.45) is 0 Å². The van der Waals surface area contributed by atoms with Crippen LogP contribution in [0.3, 0.4) is 0 Å². The van der Waals surface area contributed by atoms with E-state index in [0.29, 0.717) is 0 Å². The Morgan fingerprint density at radius 3 is 1.53 bits per heavy atom. The molecule has 7 heterocycles. The first-order valence-electron chi connectivity index (χ1n) is 10.3. The van der Waals surface area contributed by atoms with Crippen LogP contribution in [-0.2, 0) is 0 Å². The van der Waals surface area contributed by atoms with Crippen molar-refractivity contribution in [1.82, 2.24) is 29.9 Å². The van der Waals surface area contributed by atoms with Crippen LogP contribution < -0.4 is 9.80 Å². The molecule has 0 atom stereocenters. The fourth-order valence-electron chi connectivity index (χ4n) is 4.38. The Balaban J connectivity index is 1.22. The summed E-state index contributed by atoms with van der Waals surface area (Å²) in [5.41, 5.74) is 1.97. The number of aromatic nitrogens is 6. The van der Waals surface area contributed by atoms with Crippen molar-refractivity contribution in [3.05, 3.63) is 49.3 Å². The zero-order valence-electron chi connectivity index (χ0n) is 16.8. The normalized spacial score (nSPS) is 14.9. The van der Waals surface area contributed by atoms with Crippen LogP contribution in [0.4, 0.5) is 11.6 Å². The lowest BCUT2D eigenvalue weighted by Crippen LogP contribution is -2.47. The van der Waals surface area contributed by atoms with Gasteiger partial charge in [-0.1, -0.05) is 0 Å². The van der Waals surface area contributed by atoms with E-state index in [1.165, 1.54) is 0 Å². The summed E-state index contributed by atoms with van der Waals surface area (Å²) in [6, 6.07) is 8.08. The van der Waals surface area contributed by atoms with Crippen molar-refractivity contribution >= 4 is 75.2 Å². The predicted molar refractivity (Wildman–Crippen MR) is 130 cm³/mol. The molecule has 0 N–H and O–H groups in total. The van der Waals surface area contributed by atoms with Gasteiger partial charge in [-0.15, -0.1) is 22.7 Å². The average molecular weight is 457 g/mol. The van der Waals surface area contributed by atoms with Crippen LogP contribution in [0.1, 0.15) is 0 Å². The summed E-state index contributed by atoms with van der Waals surface area (Å²) < 4.78 is 2.21. The zero-order chi connectivity index (χ0) is 21.1. The molecular weight excluding hydrogens is 440 g/mol. The molecule has 6 aromatic rings. The molecule has 7 rings (SSSR count). The SMILES string of the molecule is c1cnc2sc3c(N4CCN(c5ncnc6c5sc5ncccc56)CC4)ncnc3c2c1. The fourth-order valence-corrected chi connectivity index (χ4v) is 6.61. The molecule has 8 nitrogen and oxygen atoms in total. The summed E-state index contributed by atoms with van der Waals surface area (Å²) in [6.45, 7) is 3.45. The van der Waals surface area contributed by atoms with Gasteiger partial charge in [0, 0.05) is 49.3 Å². The first kappa shape index (κ1) is 18.1. The third-order valence-corrected chi connectivity index (χ3v) is 8.10. The molecule has 0 amide bonds. The second kappa shape index (κ2) is 7.01. The van der Waals surface area contributed by atoms with Gasteiger partial charge >= 0.3 is 0 Å². The van der Waals surface area contributed by atoms with Gasteiger partial charge in [0.2, 0.25) is 0 Å². The molecule has 0 aliphatic carbocycles. The number of rotatable bonds is 2. The van der Waals surface area contributed by atoms with Crippen LogP contribution in [0.5, 0.6) is 0 Å². The molecule has 156 valence electrons. The fraction of sp³-hybridized carbons (Fsp3) is 0.182. The van der Waals surface area contributed by atoms with Gasteiger partial charge in [-0.2, -0.15) is 0 Å². The summed E-state index contributed by atoms with van der Waals surface area (Å²) >= 11 is 3.33. The van der Waals surface area contributed by atoms with Gasteiger partial charge in [-0.3, -0.25) is 0 Å². The number of piperazine rings is 1. The highest BCUT2D eigenvalue weighted by Crippen LogP contribution is 2.38. The molecule has 6 aromatic heterocycles. The topological polar surface area (TPSA) is 83.8 Å². The maximum Gasteiger partial charge on any atom is 0.150 e. The Morgan fingerprint density at radius 1 is 0.594 bits per heavy atom. The Kier molecular flexibility index (Phi) is 3.96. The van der Waals surface area contributed by atoms with E-state index in [-0.39, 0.29) is 0 Å². The molecule has 0 bridgehead atoms. The summed E-state index contributed by atoms with van der Waals surface area (Å²) in [7, 11) is 0. The molecule has 1 aliphatic rings. The first-order chi connectivity index (χ1) is 15.9. The second-order valence-corrected chi connectivity index (χ2v) is 9.64. The molecule has 1 aliphatic heterocycles. The molecule has 0 spiro atoms. The summed E-state index contributed by atoms with van der Waals surface area (Å²) in [4.78, 5) is 34.1.